The number of nitrogens with two attached hydrogens (primary N) is 1. The third kappa shape index (κ3) is 1.51. The molecule has 0 spiro atoms. The molecule has 1 nitrogen and oxygen atoms in total. The Labute approximate surface area is 64.0 Å². The third-order valence-corrected chi connectivity index (χ3v) is 2.73. The molecule has 10 heavy (non-hydrogen) atoms. The van der Waals surface area contributed by atoms with Crippen molar-refractivity contribution in [2.75, 3.05) is 0 Å². The van der Waals surface area contributed by atoms with Crippen LogP contribution in [0.2, 0.25) is 0 Å². The van der Waals surface area contributed by atoms with Crippen molar-refractivity contribution in [1.82, 2.24) is 0 Å². The summed E-state index contributed by atoms with van der Waals surface area (Å²) >= 11 is 0. The fourth-order valence-corrected chi connectivity index (χ4v) is 1.79. The van der Waals surface area contributed by atoms with Crippen LogP contribution in [0.1, 0.15) is 33.1 Å². The molecule has 59 valence electrons. The Morgan fingerprint density at radius 3 is 2.70 bits per heavy atom. The summed E-state index contributed by atoms with van der Waals surface area (Å²) in [5.41, 5.74) is 6.01. The van der Waals surface area contributed by atoms with Crippen molar-refractivity contribution in [3.8, 4) is 0 Å². The fourth-order valence-electron chi connectivity index (χ4n) is 1.79. The van der Waals surface area contributed by atoms with Gasteiger partial charge < -0.3 is 5.73 Å². The molecule has 1 aliphatic rings. The van der Waals surface area contributed by atoms with E-state index < -0.39 is 0 Å². The third-order valence-electron chi connectivity index (χ3n) is 2.73. The Hall–Kier alpha value is -0.0400. The molecule has 0 heterocycles. The Balaban J connectivity index is 2.42. The van der Waals surface area contributed by atoms with Crippen molar-refractivity contribution >= 4 is 0 Å². The first kappa shape index (κ1) is 8.06. The molecule has 0 aromatic rings. The molecular weight excluding hydrogens is 122 g/mol. The highest BCUT2D eigenvalue weighted by Crippen LogP contribution is 2.28. The minimum absolute atomic E-state index is 0.454. The predicted molar refractivity (Wildman–Crippen MR) is 44.5 cm³/mol. The zero-order valence-corrected chi connectivity index (χ0v) is 7.01. The molecule has 2 N–H and O–H groups in total. The monoisotopic (exact) mass is 140 g/mol. The van der Waals surface area contributed by atoms with Gasteiger partial charge in [0.1, 0.15) is 0 Å². The second-order valence-electron chi connectivity index (χ2n) is 3.48. The van der Waals surface area contributed by atoms with Gasteiger partial charge in [-0.1, -0.05) is 20.3 Å². The van der Waals surface area contributed by atoms with Crippen LogP contribution in [0.4, 0.5) is 0 Å². The van der Waals surface area contributed by atoms with Gasteiger partial charge in [0.2, 0.25) is 0 Å². The lowest BCUT2D eigenvalue weighted by atomic mass is 9.77. The molecule has 1 fully saturated rings. The van der Waals surface area contributed by atoms with Gasteiger partial charge in [-0.05, 0) is 31.1 Å². The summed E-state index contributed by atoms with van der Waals surface area (Å²) in [6.45, 7) is 4.49. The van der Waals surface area contributed by atoms with Gasteiger partial charge in [0.15, 0.2) is 0 Å². The van der Waals surface area contributed by atoms with Crippen LogP contribution in [0.3, 0.4) is 0 Å². The maximum absolute atomic E-state index is 6.01. The molecule has 1 saturated carbocycles. The first-order valence-electron chi connectivity index (χ1n) is 4.33. The van der Waals surface area contributed by atoms with Gasteiger partial charge in [0.05, 0.1) is 0 Å². The summed E-state index contributed by atoms with van der Waals surface area (Å²) in [7, 11) is 0. The zero-order chi connectivity index (χ0) is 7.56. The fraction of sp³-hybridized carbons (Fsp3) is 0.889. The largest absolute Gasteiger partial charge is 0.327 e. The smallest absolute Gasteiger partial charge is 0.00931 e. The van der Waals surface area contributed by atoms with Crippen molar-refractivity contribution in [3.63, 3.8) is 0 Å². The van der Waals surface area contributed by atoms with Crippen molar-refractivity contribution < 1.29 is 0 Å². The van der Waals surface area contributed by atoms with E-state index in [9.17, 15) is 0 Å². The summed E-state index contributed by atoms with van der Waals surface area (Å²) in [6.07, 6.45) is 6.09. The SMILES string of the molecule is CCC1C[CH]CC(C)[C@@H]1N. The van der Waals surface area contributed by atoms with Crippen molar-refractivity contribution in [1.29, 1.82) is 0 Å². The van der Waals surface area contributed by atoms with Gasteiger partial charge in [-0.25, -0.2) is 0 Å². The van der Waals surface area contributed by atoms with Gasteiger partial charge in [-0.15, -0.1) is 0 Å². The Bertz CT molecular complexity index is 101. The minimum atomic E-state index is 0.454. The highest BCUT2D eigenvalue weighted by atomic mass is 14.7. The number of hydrogen-bond acceptors (Lipinski definition) is 1. The van der Waals surface area contributed by atoms with Crippen LogP contribution in [0, 0.1) is 18.3 Å². The van der Waals surface area contributed by atoms with Gasteiger partial charge in [-0.3, -0.25) is 0 Å². The highest BCUT2D eigenvalue weighted by molar-refractivity contribution is 4.89. The molecule has 1 radical (unpaired) electrons. The van der Waals surface area contributed by atoms with E-state index in [-0.39, 0.29) is 0 Å². The quantitative estimate of drug-likeness (QED) is 0.592. The van der Waals surface area contributed by atoms with Crippen LogP contribution >= 0.6 is 0 Å². The predicted octanol–water partition coefficient (Wildman–Crippen LogP) is 1.97. The van der Waals surface area contributed by atoms with Gasteiger partial charge >= 0.3 is 0 Å². The second-order valence-corrected chi connectivity index (χ2v) is 3.48. The first-order chi connectivity index (χ1) is 4.75. The Morgan fingerprint density at radius 1 is 1.50 bits per heavy atom. The topological polar surface area (TPSA) is 26.0 Å². The van der Waals surface area contributed by atoms with E-state index in [1.807, 2.05) is 0 Å². The van der Waals surface area contributed by atoms with Crippen molar-refractivity contribution in [2.45, 2.75) is 39.2 Å². The molecule has 0 aromatic carbocycles. The van der Waals surface area contributed by atoms with E-state index in [0.717, 1.165) is 5.92 Å². The lowest BCUT2D eigenvalue weighted by Gasteiger charge is -2.32. The highest BCUT2D eigenvalue weighted by Gasteiger charge is 2.25. The standard InChI is InChI=1S/C9H18N/c1-3-8-6-4-5-7(2)9(8)10/h4,7-9H,3,5-6,10H2,1-2H3/t7?,8?,9-/m0/s1. The van der Waals surface area contributed by atoms with Gasteiger partial charge in [0.25, 0.3) is 0 Å². The van der Waals surface area contributed by atoms with E-state index in [1.54, 1.807) is 0 Å². The van der Waals surface area contributed by atoms with Crippen LogP contribution in [-0.4, -0.2) is 6.04 Å². The summed E-state index contributed by atoms with van der Waals surface area (Å²) in [5.74, 6) is 1.46. The molecule has 1 heteroatoms. The molecule has 1 rings (SSSR count). The molecule has 0 amide bonds. The van der Waals surface area contributed by atoms with Crippen molar-refractivity contribution in [3.05, 3.63) is 6.42 Å². The summed E-state index contributed by atoms with van der Waals surface area (Å²) in [4.78, 5) is 0. The molecule has 3 atom stereocenters. The summed E-state index contributed by atoms with van der Waals surface area (Å²) < 4.78 is 0. The molecule has 1 aliphatic carbocycles. The lowest BCUT2D eigenvalue weighted by molar-refractivity contribution is 0.269. The van der Waals surface area contributed by atoms with Crippen LogP contribution in [-0.2, 0) is 0 Å². The lowest BCUT2D eigenvalue weighted by Crippen LogP contribution is -2.39. The van der Waals surface area contributed by atoms with E-state index in [2.05, 4.69) is 20.3 Å². The molecule has 0 aliphatic heterocycles. The van der Waals surface area contributed by atoms with E-state index in [0.29, 0.717) is 12.0 Å². The first-order valence-corrected chi connectivity index (χ1v) is 4.33. The van der Waals surface area contributed by atoms with Gasteiger partial charge in [-0.2, -0.15) is 0 Å². The van der Waals surface area contributed by atoms with E-state index in [4.69, 9.17) is 5.73 Å². The van der Waals surface area contributed by atoms with Crippen LogP contribution < -0.4 is 5.73 Å². The Morgan fingerprint density at radius 2 is 2.20 bits per heavy atom. The van der Waals surface area contributed by atoms with E-state index >= 15 is 0 Å². The average Bonchev–Trinajstić information content (AvgIpc) is 1.95. The molecule has 0 saturated heterocycles. The normalized spacial score (nSPS) is 41.7. The summed E-state index contributed by atoms with van der Waals surface area (Å²) in [6, 6.07) is 0.454. The van der Waals surface area contributed by atoms with Crippen LogP contribution in [0.5, 0.6) is 0 Å². The Kier molecular flexibility index (Phi) is 2.72. The van der Waals surface area contributed by atoms with E-state index in [1.165, 1.54) is 19.3 Å². The summed E-state index contributed by atoms with van der Waals surface area (Å²) in [5, 5.41) is 0. The maximum Gasteiger partial charge on any atom is 0.00931 e. The van der Waals surface area contributed by atoms with Crippen LogP contribution in [0.25, 0.3) is 0 Å². The molecule has 0 bridgehead atoms. The van der Waals surface area contributed by atoms with Gasteiger partial charge in [0, 0.05) is 6.04 Å². The van der Waals surface area contributed by atoms with Crippen molar-refractivity contribution in [2.24, 2.45) is 17.6 Å². The zero-order valence-electron chi connectivity index (χ0n) is 7.01. The minimum Gasteiger partial charge on any atom is -0.327 e. The molecular formula is C9H18N. The van der Waals surface area contributed by atoms with Crippen LogP contribution in [0.15, 0.2) is 0 Å². The second kappa shape index (κ2) is 3.38. The molecule has 2 unspecified atom stereocenters. The average molecular weight is 140 g/mol. The number of rotatable bonds is 1. The molecule has 0 aromatic heterocycles. The number of hydrogen-bond donors (Lipinski definition) is 1. The maximum atomic E-state index is 6.01.